The van der Waals surface area contributed by atoms with Gasteiger partial charge in [-0.1, -0.05) is 6.92 Å². The highest BCUT2D eigenvalue weighted by molar-refractivity contribution is 5.77. The molecule has 0 saturated carbocycles. The van der Waals surface area contributed by atoms with Gasteiger partial charge in [0.25, 0.3) is 0 Å². The van der Waals surface area contributed by atoms with E-state index in [-0.39, 0.29) is 0 Å². The molecule has 0 bridgehead atoms. The Bertz CT molecular complexity index is 157. The second-order valence-corrected chi connectivity index (χ2v) is 3.53. The quantitative estimate of drug-likeness (QED) is 0.368. The summed E-state index contributed by atoms with van der Waals surface area (Å²) in [7, 11) is 0. The van der Waals surface area contributed by atoms with Crippen LogP contribution in [0.3, 0.4) is 0 Å². The molecule has 0 aliphatic heterocycles. The average molecular weight is 201 g/mol. The molecule has 0 aromatic carbocycles. The van der Waals surface area contributed by atoms with E-state index in [1.165, 1.54) is 0 Å². The third-order valence-electron chi connectivity index (χ3n) is 1.51. The van der Waals surface area contributed by atoms with E-state index in [4.69, 9.17) is 10.5 Å². The number of ether oxygens (including phenoxy) is 1. The lowest BCUT2D eigenvalue weighted by atomic mass is 10.4. The first-order valence-electron chi connectivity index (χ1n) is 5.31. The number of hydrogen-bond acceptors (Lipinski definition) is 2. The molecule has 4 nitrogen and oxygen atoms in total. The maximum absolute atomic E-state index is 5.61. The first-order chi connectivity index (χ1) is 6.66. The van der Waals surface area contributed by atoms with E-state index < -0.39 is 0 Å². The number of rotatable bonds is 7. The summed E-state index contributed by atoms with van der Waals surface area (Å²) in [5.41, 5.74) is 5.61. The van der Waals surface area contributed by atoms with Gasteiger partial charge in [0.2, 0.25) is 0 Å². The topological polar surface area (TPSA) is 59.6 Å². The van der Waals surface area contributed by atoms with Crippen LogP contribution in [0.4, 0.5) is 0 Å². The van der Waals surface area contributed by atoms with Gasteiger partial charge in [-0.3, -0.25) is 4.99 Å². The monoisotopic (exact) mass is 201 g/mol. The van der Waals surface area contributed by atoms with Gasteiger partial charge in [0.15, 0.2) is 5.96 Å². The molecule has 0 saturated heterocycles. The Hall–Kier alpha value is -0.770. The third-order valence-corrected chi connectivity index (χ3v) is 1.51. The van der Waals surface area contributed by atoms with Crippen molar-refractivity contribution < 1.29 is 4.74 Å². The van der Waals surface area contributed by atoms with E-state index in [0.29, 0.717) is 12.0 Å². The molecule has 84 valence electrons. The molecule has 0 aliphatic rings. The van der Waals surface area contributed by atoms with Crippen LogP contribution in [0, 0.1) is 0 Å². The number of nitrogens with one attached hydrogen (secondary N) is 1. The van der Waals surface area contributed by atoms with E-state index in [9.17, 15) is 0 Å². The van der Waals surface area contributed by atoms with Crippen LogP contribution >= 0.6 is 0 Å². The minimum atomic E-state index is 0.343. The molecule has 0 spiro atoms. The van der Waals surface area contributed by atoms with Crippen molar-refractivity contribution in [3.63, 3.8) is 0 Å². The Balaban J connectivity index is 3.32. The normalized spacial score (nSPS) is 12.1. The fourth-order valence-corrected chi connectivity index (χ4v) is 0.954. The number of guanidine groups is 1. The summed E-state index contributed by atoms with van der Waals surface area (Å²) in [5, 5.41) is 3.03. The summed E-state index contributed by atoms with van der Waals surface area (Å²) in [6.45, 7) is 8.51. The number of hydrogen-bond donors (Lipinski definition) is 2. The molecule has 0 heterocycles. The van der Waals surface area contributed by atoms with Crippen LogP contribution in [0.25, 0.3) is 0 Å². The third kappa shape index (κ3) is 9.32. The summed E-state index contributed by atoms with van der Waals surface area (Å²) in [5.74, 6) is 0.524. The van der Waals surface area contributed by atoms with E-state index in [2.05, 4.69) is 17.2 Å². The minimum Gasteiger partial charge on any atom is -0.381 e. The minimum absolute atomic E-state index is 0.343. The molecule has 3 N–H and O–H groups in total. The Kier molecular flexibility index (Phi) is 8.33. The van der Waals surface area contributed by atoms with E-state index in [1.807, 2.05) is 13.8 Å². The first-order valence-corrected chi connectivity index (χ1v) is 5.31. The SMILES string of the molecule is CCCOCCCN=C(N)NC(C)C. The van der Waals surface area contributed by atoms with E-state index in [0.717, 1.165) is 32.6 Å². The first kappa shape index (κ1) is 13.2. The van der Waals surface area contributed by atoms with Crippen LogP contribution in [0.2, 0.25) is 0 Å². The van der Waals surface area contributed by atoms with Crippen molar-refractivity contribution in [3.8, 4) is 0 Å². The molecule has 14 heavy (non-hydrogen) atoms. The molecule has 0 aromatic heterocycles. The summed E-state index contributed by atoms with van der Waals surface area (Å²) >= 11 is 0. The van der Waals surface area contributed by atoms with Crippen molar-refractivity contribution in [2.24, 2.45) is 10.7 Å². The van der Waals surface area contributed by atoms with Crippen molar-refractivity contribution in [3.05, 3.63) is 0 Å². The lowest BCUT2D eigenvalue weighted by Crippen LogP contribution is -2.36. The van der Waals surface area contributed by atoms with Gasteiger partial charge >= 0.3 is 0 Å². The predicted octanol–water partition coefficient (Wildman–Crippen LogP) is 1.12. The molecular weight excluding hydrogens is 178 g/mol. The van der Waals surface area contributed by atoms with Gasteiger partial charge in [0, 0.05) is 25.8 Å². The van der Waals surface area contributed by atoms with Crippen molar-refractivity contribution >= 4 is 5.96 Å². The maximum atomic E-state index is 5.61. The molecule has 0 unspecified atom stereocenters. The molecule has 0 amide bonds. The second-order valence-electron chi connectivity index (χ2n) is 3.53. The predicted molar refractivity (Wildman–Crippen MR) is 60.5 cm³/mol. The van der Waals surface area contributed by atoms with Crippen LogP contribution in [-0.2, 0) is 4.74 Å². The molecule has 0 aromatic rings. The Morgan fingerprint density at radius 1 is 1.43 bits per heavy atom. The van der Waals surface area contributed by atoms with Gasteiger partial charge in [0.05, 0.1) is 0 Å². The summed E-state index contributed by atoms with van der Waals surface area (Å²) in [6.07, 6.45) is 2.00. The molecule has 0 aliphatic carbocycles. The lowest BCUT2D eigenvalue weighted by Gasteiger charge is -2.08. The lowest BCUT2D eigenvalue weighted by molar-refractivity contribution is 0.134. The van der Waals surface area contributed by atoms with Gasteiger partial charge in [-0.2, -0.15) is 0 Å². The zero-order chi connectivity index (χ0) is 10.8. The van der Waals surface area contributed by atoms with Gasteiger partial charge in [-0.15, -0.1) is 0 Å². The summed E-state index contributed by atoms with van der Waals surface area (Å²) < 4.78 is 5.32. The largest absolute Gasteiger partial charge is 0.381 e. The van der Waals surface area contributed by atoms with E-state index >= 15 is 0 Å². The van der Waals surface area contributed by atoms with Crippen molar-refractivity contribution in [2.45, 2.75) is 39.7 Å². The number of nitrogens with two attached hydrogens (primary N) is 1. The summed E-state index contributed by atoms with van der Waals surface area (Å²) in [6, 6.07) is 0.343. The van der Waals surface area contributed by atoms with Crippen LogP contribution in [0.15, 0.2) is 4.99 Å². The van der Waals surface area contributed by atoms with Gasteiger partial charge in [-0.25, -0.2) is 0 Å². The van der Waals surface area contributed by atoms with Crippen molar-refractivity contribution in [1.29, 1.82) is 0 Å². The van der Waals surface area contributed by atoms with Crippen LogP contribution in [0.5, 0.6) is 0 Å². The van der Waals surface area contributed by atoms with Gasteiger partial charge in [0.1, 0.15) is 0 Å². The highest BCUT2D eigenvalue weighted by atomic mass is 16.5. The van der Waals surface area contributed by atoms with Gasteiger partial charge in [-0.05, 0) is 26.7 Å². The second kappa shape index (κ2) is 8.81. The highest BCUT2D eigenvalue weighted by Crippen LogP contribution is 1.86. The molecule has 0 atom stereocenters. The van der Waals surface area contributed by atoms with Crippen molar-refractivity contribution in [1.82, 2.24) is 5.32 Å². The smallest absolute Gasteiger partial charge is 0.188 e. The van der Waals surface area contributed by atoms with Crippen LogP contribution in [-0.4, -0.2) is 31.8 Å². The zero-order valence-electron chi connectivity index (χ0n) is 9.55. The Labute approximate surface area is 86.9 Å². The highest BCUT2D eigenvalue weighted by Gasteiger charge is 1.93. The molecule has 0 rings (SSSR count). The van der Waals surface area contributed by atoms with Crippen molar-refractivity contribution in [2.75, 3.05) is 19.8 Å². The molecule has 4 heteroatoms. The van der Waals surface area contributed by atoms with Crippen LogP contribution in [0.1, 0.15) is 33.6 Å². The fourth-order valence-electron chi connectivity index (χ4n) is 0.954. The van der Waals surface area contributed by atoms with Crippen LogP contribution < -0.4 is 11.1 Å². The standard InChI is InChI=1S/C10H23N3O/c1-4-7-14-8-5-6-12-10(11)13-9(2)3/h9H,4-8H2,1-3H3,(H3,11,12,13). The summed E-state index contributed by atoms with van der Waals surface area (Å²) in [4.78, 5) is 4.17. The molecule has 0 radical (unpaired) electrons. The molecule has 0 fully saturated rings. The number of aliphatic imine (C=N–C) groups is 1. The zero-order valence-corrected chi connectivity index (χ0v) is 9.55. The number of nitrogens with zero attached hydrogens (tertiary/aromatic N) is 1. The molecular formula is C10H23N3O. The maximum Gasteiger partial charge on any atom is 0.188 e. The van der Waals surface area contributed by atoms with Gasteiger partial charge < -0.3 is 15.8 Å². The fraction of sp³-hybridized carbons (Fsp3) is 0.900. The average Bonchev–Trinajstić information content (AvgIpc) is 2.10. The Morgan fingerprint density at radius 2 is 2.14 bits per heavy atom. The Morgan fingerprint density at radius 3 is 2.71 bits per heavy atom. The van der Waals surface area contributed by atoms with E-state index in [1.54, 1.807) is 0 Å².